The van der Waals surface area contributed by atoms with E-state index in [0.717, 1.165) is 23.2 Å². The molecule has 0 saturated heterocycles. The van der Waals surface area contributed by atoms with Crippen LogP contribution in [0.1, 0.15) is 37.9 Å². The number of hydrogen-bond donors (Lipinski definition) is 2. The van der Waals surface area contributed by atoms with Gasteiger partial charge in [-0.3, -0.25) is 11.3 Å². The molecule has 1 aromatic rings. The van der Waals surface area contributed by atoms with Gasteiger partial charge in [0.15, 0.2) is 5.82 Å². The molecule has 0 aliphatic heterocycles. The van der Waals surface area contributed by atoms with Crippen LogP contribution < -0.4 is 11.3 Å². The molecule has 0 amide bonds. The van der Waals surface area contributed by atoms with Crippen molar-refractivity contribution in [3.63, 3.8) is 0 Å². The molecule has 1 heterocycles. The average Bonchev–Trinajstić information content (AvgIpc) is 2.81. The number of hydrazine groups is 1. The highest BCUT2D eigenvalue weighted by Gasteiger charge is 2.17. The molecule has 18 heavy (non-hydrogen) atoms. The maximum absolute atomic E-state index is 5.60. The standard InChI is InChI=1S/C11H22N6S/c1-17-15-11(14-16-17)7-9(13-12)8-18-10-5-3-2-4-6-10/h9-10,13H,2-8,12H2,1H3. The molecule has 2 rings (SSSR count). The second-order valence-corrected chi connectivity index (χ2v) is 6.19. The number of rotatable bonds is 6. The van der Waals surface area contributed by atoms with Crippen molar-refractivity contribution in [1.82, 2.24) is 25.6 Å². The van der Waals surface area contributed by atoms with Crippen LogP contribution in [0.2, 0.25) is 0 Å². The second-order valence-electron chi connectivity index (χ2n) is 4.86. The summed E-state index contributed by atoms with van der Waals surface area (Å²) in [4.78, 5) is 1.48. The smallest absolute Gasteiger partial charge is 0.176 e. The van der Waals surface area contributed by atoms with E-state index in [0.29, 0.717) is 0 Å². The van der Waals surface area contributed by atoms with Gasteiger partial charge in [-0.05, 0) is 18.1 Å². The summed E-state index contributed by atoms with van der Waals surface area (Å²) in [5, 5.41) is 12.8. The van der Waals surface area contributed by atoms with Gasteiger partial charge in [-0.15, -0.1) is 10.2 Å². The molecule has 1 saturated carbocycles. The lowest BCUT2D eigenvalue weighted by Crippen LogP contribution is -2.39. The number of tetrazole rings is 1. The molecule has 1 fully saturated rings. The van der Waals surface area contributed by atoms with Crippen molar-refractivity contribution in [2.45, 2.75) is 49.8 Å². The summed E-state index contributed by atoms with van der Waals surface area (Å²) in [6.07, 6.45) is 7.61. The third-order valence-corrected chi connectivity index (χ3v) is 4.84. The molecule has 0 aromatic carbocycles. The predicted molar refractivity (Wildman–Crippen MR) is 72.9 cm³/mol. The SMILES string of the molecule is Cn1nnc(CC(CSC2CCCCC2)NN)n1. The Morgan fingerprint density at radius 2 is 2.22 bits per heavy atom. The zero-order valence-electron chi connectivity index (χ0n) is 10.9. The molecule has 1 aromatic heterocycles. The summed E-state index contributed by atoms with van der Waals surface area (Å²) in [6.45, 7) is 0. The van der Waals surface area contributed by atoms with E-state index in [-0.39, 0.29) is 6.04 Å². The minimum absolute atomic E-state index is 0.223. The van der Waals surface area contributed by atoms with E-state index in [1.165, 1.54) is 36.9 Å². The number of nitrogens with zero attached hydrogens (tertiary/aromatic N) is 4. The molecular formula is C11H22N6S. The van der Waals surface area contributed by atoms with E-state index in [2.05, 4.69) is 20.8 Å². The van der Waals surface area contributed by atoms with Crippen molar-refractivity contribution in [3.05, 3.63) is 5.82 Å². The van der Waals surface area contributed by atoms with E-state index in [1.54, 1.807) is 7.05 Å². The molecule has 102 valence electrons. The van der Waals surface area contributed by atoms with Crippen molar-refractivity contribution in [1.29, 1.82) is 0 Å². The van der Waals surface area contributed by atoms with E-state index >= 15 is 0 Å². The third kappa shape index (κ3) is 4.22. The van der Waals surface area contributed by atoms with E-state index in [1.807, 2.05) is 11.8 Å². The van der Waals surface area contributed by atoms with Crippen LogP contribution in [0.15, 0.2) is 0 Å². The maximum Gasteiger partial charge on any atom is 0.176 e. The summed E-state index contributed by atoms with van der Waals surface area (Å²) in [6, 6.07) is 0.223. The number of nitrogens with one attached hydrogen (secondary N) is 1. The Kier molecular flexibility index (Phi) is 5.40. The summed E-state index contributed by atoms with van der Waals surface area (Å²) in [7, 11) is 1.78. The van der Waals surface area contributed by atoms with Crippen molar-refractivity contribution in [3.8, 4) is 0 Å². The van der Waals surface area contributed by atoms with Crippen LogP contribution in [0.3, 0.4) is 0 Å². The number of hydrogen-bond acceptors (Lipinski definition) is 6. The first kappa shape index (κ1) is 13.8. The van der Waals surface area contributed by atoms with Gasteiger partial charge in [0.1, 0.15) is 0 Å². The van der Waals surface area contributed by atoms with Crippen LogP contribution in [0.25, 0.3) is 0 Å². The Morgan fingerprint density at radius 3 is 2.83 bits per heavy atom. The third-order valence-electron chi connectivity index (χ3n) is 3.30. The van der Waals surface area contributed by atoms with Crippen LogP contribution in [0, 0.1) is 0 Å². The van der Waals surface area contributed by atoms with E-state index in [4.69, 9.17) is 5.84 Å². The highest BCUT2D eigenvalue weighted by Crippen LogP contribution is 2.28. The van der Waals surface area contributed by atoms with Crippen molar-refractivity contribution < 1.29 is 0 Å². The fourth-order valence-corrected chi connectivity index (χ4v) is 3.66. The molecule has 7 heteroatoms. The summed E-state index contributed by atoms with van der Waals surface area (Å²) < 4.78 is 0. The monoisotopic (exact) mass is 270 g/mol. The minimum Gasteiger partial charge on any atom is -0.271 e. The molecule has 0 spiro atoms. The Balaban J connectivity index is 1.74. The zero-order chi connectivity index (χ0) is 12.8. The van der Waals surface area contributed by atoms with Gasteiger partial charge in [0.05, 0.1) is 7.05 Å². The van der Waals surface area contributed by atoms with Gasteiger partial charge in [0.25, 0.3) is 0 Å². The van der Waals surface area contributed by atoms with Gasteiger partial charge in [0.2, 0.25) is 0 Å². The average molecular weight is 270 g/mol. The summed E-state index contributed by atoms with van der Waals surface area (Å²) in [5.74, 6) is 7.36. The number of aryl methyl sites for hydroxylation is 1. The number of nitrogens with two attached hydrogens (primary N) is 1. The molecular weight excluding hydrogens is 248 g/mol. The minimum atomic E-state index is 0.223. The Morgan fingerprint density at radius 1 is 1.44 bits per heavy atom. The Bertz CT molecular complexity index is 349. The molecule has 1 unspecified atom stereocenters. The van der Waals surface area contributed by atoms with Gasteiger partial charge >= 0.3 is 0 Å². The highest BCUT2D eigenvalue weighted by atomic mass is 32.2. The van der Waals surface area contributed by atoms with E-state index < -0.39 is 0 Å². The molecule has 1 aliphatic carbocycles. The lowest BCUT2D eigenvalue weighted by atomic mass is 10.0. The quantitative estimate of drug-likeness (QED) is 0.583. The first-order valence-corrected chi connectivity index (χ1v) is 7.63. The Hall–Kier alpha value is -0.660. The van der Waals surface area contributed by atoms with Crippen LogP contribution in [0.4, 0.5) is 0 Å². The molecule has 0 bridgehead atoms. The van der Waals surface area contributed by atoms with Gasteiger partial charge in [0, 0.05) is 23.5 Å². The van der Waals surface area contributed by atoms with Gasteiger partial charge in [-0.1, -0.05) is 19.3 Å². The first-order chi connectivity index (χ1) is 8.78. The number of aromatic nitrogens is 4. The molecule has 0 radical (unpaired) electrons. The Labute approximate surface area is 112 Å². The lowest BCUT2D eigenvalue weighted by molar-refractivity contribution is 0.512. The molecule has 3 N–H and O–H groups in total. The molecule has 1 aliphatic rings. The summed E-state index contributed by atoms with van der Waals surface area (Å²) >= 11 is 2.03. The van der Waals surface area contributed by atoms with Crippen LogP contribution in [-0.4, -0.2) is 37.3 Å². The van der Waals surface area contributed by atoms with Crippen molar-refractivity contribution in [2.75, 3.05) is 5.75 Å². The highest BCUT2D eigenvalue weighted by molar-refractivity contribution is 7.99. The maximum atomic E-state index is 5.60. The van der Waals surface area contributed by atoms with Gasteiger partial charge in [-0.2, -0.15) is 16.6 Å². The van der Waals surface area contributed by atoms with Gasteiger partial charge < -0.3 is 0 Å². The second kappa shape index (κ2) is 7.06. The first-order valence-electron chi connectivity index (χ1n) is 6.58. The fraction of sp³-hybridized carbons (Fsp3) is 0.909. The van der Waals surface area contributed by atoms with Gasteiger partial charge in [-0.25, -0.2) is 0 Å². The fourth-order valence-electron chi connectivity index (χ4n) is 2.28. The topological polar surface area (TPSA) is 81.7 Å². The van der Waals surface area contributed by atoms with Crippen molar-refractivity contribution >= 4 is 11.8 Å². The van der Waals surface area contributed by atoms with Crippen LogP contribution in [0.5, 0.6) is 0 Å². The number of thioether (sulfide) groups is 1. The van der Waals surface area contributed by atoms with Crippen LogP contribution >= 0.6 is 11.8 Å². The molecule has 6 nitrogen and oxygen atoms in total. The van der Waals surface area contributed by atoms with Crippen molar-refractivity contribution in [2.24, 2.45) is 12.9 Å². The lowest BCUT2D eigenvalue weighted by Gasteiger charge is -2.23. The van der Waals surface area contributed by atoms with Crippen LogP contribution in [-0.2, 0) is 13.5 Å². The summed E-state index contributed by atoms with van der Waals surface area (Å²) in [5.41, 5.74) is 2.86. The zero-order valence-corrected chi connectivity index (χ0v) is 11.7. The normalized spacial score (nSPS) is 19.0. The molecule has 1 atom stereocenters. The predicted octanol–water partition coefficient (Wildman–Crippen LogP) is 0.650. The van der Waals surface area contributed by atoms with E-state index in [9.17, 15) is 0 Å². The largest absolute Gasteiger partial charge is 0.271 e.